The number of aromatic nitrogens is 1. The Hall–Kier alpha value is -0.660. The van der Waals surface area contributed by atoms with Crippen molar-refractivity contribution in [2.75, 3.05) is 5.73 Å². The largest absolute Gasteiger partial charge is 0.382 e. The molecular weight excluding hydrogens is 273 g/mol. The Balaban J connectivity index is 3.56. The van der Waals surface area contributed by atoms with Crippen molar-refractivity contribution in [2.45, 2.75) is 11.5 Å². The summed E-state index contributed by atoms with van der Waals surface area (Å²) in [5.74, 6) is -0.375. The summed E-state index contributed by atoms with van der Waals surface area (Å²) >= 11 is 5.42. The van der Waals surface area contributed by atoms with Gasteiger partial charge in [-0.15, -0.1) is 0 Å². The maximum atomic E-state index is 12.4. The highest BCUT2D eigenvalue weighted by Gasteiger charge is 2.25. The fourth-order valence-electron chi connectivity index (χ4n) is 0.851. The van der Waals surface area contributed by atoms with E-state index < -0.39 is 26.1 Å². The van der Waals surface area contributed by atoms with Crippen molar-refractivity contribution in [3.63, 3.8) is 0 Å². The summed E-state index contributed by atoms with van der Waals surface area (Å²) in [4.78, 5) is 3.21. The van der Waals surface area contributed by atoms with E-state index >= 15 is 0 Å². The molecule has 0 bridgehead atoms. The summed E-state index contributed by atoms with van der Waals surface area (Å²) < 4.78 is 46.6. The molecular formula is C6H4Cl2F2N2O2S. The van der Waals surface area contributed by atoms with Crippen LogP contribution >= 0.6 is 22.3 Å². The Bertz CT molecular complexity index is 492. The number of nitrogens with two attached hydrogens (primary N) is 1. The number of pyridine rings is 1. The number of anilines is 1. The summed E-state index contributed by atoms with van der Waals surface area (Å²) in [6.45, 7) is 0. The van der Waals surface area contributed by atoms with Gasteiger partial charge in [-0.25, -0.2) is 22.2 Å². The topological polar surface area (TPSA) is 73.0 Å². The van der Waals surface area contributed by atoms with Gasteiger partial charge in [0.2, 0.25) is 0 Å². The van der Waals surface area contributed by atoms with E-state index in [2.05, 4.69) is 4.98 Å². The second kappa shape index (κ2) is 4.07. The number of nitrogens with zero attached hydrogens (tertiary/aromatic N) is 1. The predicted octanol–water partition coefficient (Wildman–Crippen LogP) is 2.18. The molecule has 4 nitrogen and oxygen atoms in total. The first-order chi connectivity index (χ1) is 6.73. The Morgan fingerprint density at radius 3 is 2.40 bits per heavy atom. The minimum atomic E-state index is -4.38. The van der Waals surface area contributed by atoms with Crippen LogP contribution in [0.2, 0.25) is 5.02 Å². The molecule has 1 rings (SSSR count). The van der Waals surface area contributed by atoms with E-state index in [9.17, 15) is 17.2 Å². The van der Waals surface area contributed by atoms with Crippen LogP contribution in [0.25, 0.3) is 0 Å². The maximum absolute atomic E-state index is 12.4. The number of nitrogen functional groups attached to an aromatic ring is 1. The SMILES string of the molecule is Nc1nc(S(=O)(=O)Cl)c(C(F)F)cc1Cl. The fourth-order valence-corrected chi connectivity index (χ4v) is 2.02. The Morgan fingerprint density at radius 2 is 2.00 bits per heavy atom. The standard InChI is InChI=1S/C6H4Cl2F2N2O2S/c7-3-1-2(4(9)10)6(12-5(3)11)15(8,13)14/h1,4H,(H2,11,12). The molecule has 1 aromatic heterocycles. The van der Waals surface area contributed by atoms with Crippen molar-refractivity contribution in [1.82, 2.24) is 4.98 Å². The molecule has 0 unspecified atom stereocenters. The lowest BCUT2D eigenvalue weighted by Crippen LogP contribution is -2.05. The molecule has 0 aliphatic carbocycles. The summed E-state index contributed by atoms with van der Waals surface area (Å²) in [5.41, 5.74) is 4.30. The van der Waals surface area contributed by atoms with Crippen LogP contribution in [-0.2, 0) is 9.05 Å². The minimum Gasteiger partial charge on any atom is -0.382 e. The number of alkyl halides is 2. The molecule has 0 atom stereocenters. The molecule has 9 heteroatoms. The highest BCUT2D eigenvalue weighted by molar-refractivity contribution is 8.13. The van der Waals surface area contributed by atoms with Gasteiger partial charge in [0.1, 0.15) is 5.82 Å². The summed E-state index contributed by atoms with van der Waals surface area (Å²) in [6.07, 6.45) is -3.06. The van der Waals surface area contributed by atoms with Crippen LogP contribution in [0.3, 0.4) is 0 Å². The van der Waals surface area contributed by atoms with E-state index in [1.165, 1.54) is 0 Å². The van der Waals surface area contributed by atoms with Gasteiger partial charge in [-0.1, -0.05) is 11.6 Å². The van der Waals surface area contributed by atoms with Gasteiger partial charge in [-0.05, 0) is 6.07 Å². The zero-order valence-corrected chi connectivity index (χ0v) is 9.24. The van der Waals surface area contributed by atoms with Crippen molar-refractivity contribution in [2.24, 2.45) is 0 Å². The van der Waals surface area contributed by atoms with Gasteiger partial charge in [-0.3, -0.25) is 0 Å². The van der Waals surface area contributed by atoms with Crippen LogP contribution in [-0.4, -0.2) is 13.4 Å². The van der Waals surface area contributed by atoms with Crippen LogP contribution in [0.5, 0.6) is 0 Å². The molecule has 0 saturated carbocycles. The van der Waals surface area contributed by atoms with Crippen molar-refractivity contribution >= 4 is 37.2 Å². The number of rotatable bonds is 2. The molecule has 0 aliphatic rings. The monoisotopic (exact) mass is 276 g/mol. The van der Waals surface area contributed by atoms with Crippen LogP contribution in [0.1, 0.15) is 12.0 Å². The van der Waals surface area contributed by atoms with E-state index in [0.717, 1.165) is 6.07 Å². The second-order valence-corrected chi connectivity index (χ2v) is 5.38. The molecule has 1 aromatic rings. The third kappa shape index (κ3) is 2.67. The molecule has 2 N–H and O–H groups in total. The van der Waals surface area contributed by atoms with Gasteiger partial charge >= 0.3 is 0 Å². The number of hydrogen-bond acceptors (Lipinski definition) is 4. The van der Waals surface area contributed by atoms with E-state index in [0.29, 0.717) is 0 Å². The summed E-state index contributed by atoms with van der Waals surface area (Å²) in [7, 11) is 0.535. The Morgan fingerprint density at radius 1 is 1.47 bits per heavy atom. The highest BCUT2D eigenvalue weighted by atomic mass is 35.7. The minimum absolute atomic E-state index is 0.255. The van der Waals surface area contributed by atoms with E-state index in [-0.39, 0.29) is 10.8 Å². The van der Waals surface area contributed by atoms with Crippen LogP contribution in [0.15, 0.2) is 11.1 Å². The predicted molar refractivity (Wildman–Crippen MR) is 51.7 cm³/mol. The highest BCUT2D eigenvalue weighted by Crippen LogP contribution is 2.31. The molecule has 0 aliphatic heterocycles. The van der Waals surface area contributed by atoms with Crippen LogP contribution in [0, 0.1) is 0 Å². The lowest BCUT2D eigenvalue weighted by Gasteiger charge is -2.07. The maximum Gasteiger partial charge on any atom is 0.279 e. The first-order valence-corrected chi connectivity index (χ1v) is 6.11. The average molecular weight is 277 g/mol. The van der Waals surface area contributed by atoms with E-state index in [1.54, 1.807) is 0 Å². The third-order valence-electron chi connectivity index (χ3n) is 1.46. The molecule has 15 heavy (non-hydrogen) atoms. The molecule has 0 fully saturated rings. The van der Waals surface area contributed by atoms with Crippen molar-refractivity contribution < 1.29 is 17.2 Å². The molecule has 0 saturated heterocycles. The molecule has 0 aromatic carbocycles. The first kappa shape index (κ1) is 12.4. The Labute approximate surface area is 93.4 Å². The smallest absolute Gasteiger partial charge is 0.279 e. The van der Waals surface area contributed by atoms with Crippen molar-refractivity contribution in [3.8, 4) is 0 Å². The van der Waals surface area contributed by atoms with Crippen LogP contribution in [0.4, 0.5) is 14.6 Å². The lowest BCUT2D eigenvalue weighted by molar-refractivity contribution is 0.147. The molecule has 0 radical (unpaired) electrons. The number of hydrogen-bond donors (Lipinski definition) is 1. The van der Waals surface area contributed by atoms with E-state index in [4.69, 9.17) is 28.0 Å². The summed E-state index contributed by atoms with van der Waals surface area (Å²) in [6, 6.07) is 0.726. The van der Waals surface area contributed by atoms with Gasteiger partial charge in [0.25, 0.3) is 15.5 Å². The van der Waals surface area contributed by atoms with Gasteiger partial charge in [0, 0.05) is 10.7 Å². The van der Waals surface area contributed by atoms with Gasteiger partial charge in [0.15, 0.2) is 5.03 Å². The molecule has 84 valence electrons. The third-order valence-corrected chi connectivity index (χ3v) is 2.99. The first-order valence-electron chi connectivity index (χ1n) is 3.42. The van der Waals surface area contributed by atoms with Crippen molar-refractivity contribution in [3.05, 3.63) is 16.7 Å². The van der Waals surface area contributed by atoms with Gasteiger partial charge in [0.05, 0.1) is 10.6 Å². The zero-order chi connectivity index (χ0) is 11.8. The van der Waals surface area contributed by atoms with E-state index in [1.807, 2.05) is 0 Å². The quantitative estimate of drug-likeness (QED) is 0.841. The zero-order valence-electron chi connectivity index (χ0n) is 6.92. The van der Waals surface area contributed by atoms with Gasteiger partial charge < -0.3 is 5.73 Å². The average Bonchev–Trinajstić information content (AvgIpc) is 2.06. The summed E-state index contributed by atoms with van der Waals surface area (Å²) in [5, 5.41) is -1.23. The van der Waals surface area contributed by atoms with Crippen LogP contribution < -0.4 is 5.73 Å². The van der Waals surface area contributed by atoms with Gasteiger partial charge in [-0.2, -0.15) is 0 Å². The van der Waals surface area contributed by atoms with Crippen molar-refractivity contribution in [1.29, 1.82) is 0 Å². The number of halogens is 4. The lowest BCUT2D eigenvalue weighted by atomic mass is 10.3. The second-order valence-electron chi connectivity index (χ2n) is 2.49. The molecule has 1 heterocycles. The Kier molecular flexibility index (Phi) is 3.37. The fraction of sp³-hybridized carbons (Fsp3) is 0.167. The normalized spacial score (nSPS) is 12.1. The molecule has 0 amide bonds. The molecule has 0 spiro atoms.